The van der Waals surface area contributed by atoms with Gasteiger partial charge in [-0.25, -0.2) is 0 Å². The highest BCUT2D eigenvalue weighted by molar-refractivity contribution is 4.95. The molecule has 0 radical (unpaired) electrons. The molecule has 184 valence electrons. The summed E-state index contributed by atoms with van der Waals surface area (Å²) in [5, 5.41) is 38.9. The average molecular weight is 445 g/mol. The molecule has 0 aromatic carbocycles. The first-order chi connectivity index (χ1) is 14.6. The van der Waals surface area contributed by atoms with Gasteiger partial charge in [0.1, 0.15) is 24.4 Å². The molecule has 7 atom stereocenters. The summed E-state index contributed by atoms with van der Waals surface area (Å²) >= 11 is 0. The first-order valence-electron chi connectivity index (χ1n) is 12.3. The summed E-state index contributed by atoms with van der Waals surface area (Å²) < 4.78 is 10.8. The van der Waals surface area contributed by atoms with E-state index in [4.69, 9.17) is 9.47 Å². The van der Waals surface area contributed by atoms with Gasteiger partial charge in [-0.1, -0.05) is 72.6 Å². The minimum atomic E-state index is -1.41. The molecule has 1 fully saturated rings. The quantitative estimate of drug-likeness (QED) is 0.283. The van der Waals surface area contributed by atoms with Gasteiger partial charge in [-0.2, -0.15) is 0 Å². The molecule has 1 saturated heterocycles. The van der Waals surface area contributed by atoms with E-state index in [0.717, 1.165) is 30.3 Å². The maximum absolute atomic E-state index is 10.0. The molecule has 0 amide bonds. The second kappa shape index (κ2) is 15.2. The van der Waals surface area contributed by atoms with Gasteiger partial charge in [-0.15, -0.1) is 0 Å². The van der Waals surface area contributed by atoms with Gasteiger partial charge < -0.3 is 29.9 Å². The molecule has 0 spiro atoms. The number of rotatable bonds is 15. The molecule has 4 N–H and O–H groups in total. The van der Waals surface area contributed by atoms with E-state index in [9.17, 15) is 20.4 Å². The van der Waals surface area contributed by atoms with Gasteiger partial charge in [0.25, 0.3) is 0 Å². The second-order valence-electron chi connectivity index (χ2n) is 10.2. The fourth-order valence-corrected chi connectivity index (χ4v) is 4.13. The Morgan fingerprint density at radius 3 is 1.94 bits per heavy atom. The molecule has 7 unspecified atom stereocenters. The van der Waals surface area contributed by atoms with Crippen LogP contribution in [0.3, 0.4) is 0 Å². The fraction of sp³-hybridized carbons (Fsp3) is 0.920. The zero-order chi connectivity index (χ0) is 23.4. The molecular weight excluding hydrogens is 396 g/mol. The Hall–Kier alpha value is -0.660. The third-order valence-electron chi connectivity index (χ3n) is 6.39. The van der Waals surface area contributed by atoms with E-state index in [1.807, 2.05) is 6.92 Å². The number of ether oxygens (including phenoxy) is 2. The van der Waals surface area contributed by atoms with Crippen molar-refractivity contribution < 1.29 is 29.9 Å². The number of aliphatic hydroxyl groups excluding tert-OH is 4. The largest absolute Gasteiger partial charge is 0.470 e. The number of hydrogen-bond donors (Lipinski definition) is 4. The van der Waals surface area contributed by atoms with Crippen molar-refractivity contribution in [2.24, 2.45) is 17.8 Å². The van der Waals surface area contributed by atoms with Crippen molar-refractivity contribution in [1.29, 1.82) is 0 Å². The molecule has 0 saturated carbocycles. The predicted molar refractivity (Wildman–Crippen MR) is 123 cm³/mol. The molecular formula is C25H48O6. The highest BCUT2D eigenvalue weighted by Gasteiger charge is 2.44. The number of allylic oxidation sites excluding steroid dienone is 1. The minimum absolute atomic E-state index is 0.456. The van der Waals surface area contributed by atoms with Gasteiger partial charge in [-0.05, 0) is 43.1 Å². The first-order valence-corrected chi connectivity index (χ1v) is 12.3. The fourth-order valence-electron chi connectivity index (χ4n) is 4.13. The summed E-state index contributed by atoms with van der Waals surface area (Å²) in [5.74, 6) is 2.35. The molecule has 1 aliphatic rings. The van der Waals surface area contributed by atoms with Crippen LogP contribution in [-0.2, 0) is 9.47 Å². The van der Waals surface area contributed by atoms with Gasteiger partial charge in [0.2, 0.25) is 6.29 Å². The van der Waals surface area contributed by atoms with Gasteiger partial charge in [-0.3, -0.25) is 0 Å². The molecule has 6 heteroatoms. The average Bonchev–Trinajstić information content (AvgIpc) is 2.71. The molecule has 6 nitrogen and oxygen atoms in total. The third-order valence-corrected chi connectivity index (χ3v) is 6.39. The summed E-state index contributed by atoms with van der Waals surface area (Å²) in [6.45, 7) is 10.8. The van der Waals surface area contributed by atoms with Crippen molar-refractivity contribution in [3.8, 4) is 0 Å². The van der Waals surface area contributed by atoms with Crippen molar-refractivity contribution in [1.82, 2.24) is 0 Å². The Morgan fingerprint density at radius 1 is 0.839 bits per heavy atom. The Labute approximate surface area is 189 Å². The van der Waals surface area contributed by atoms with Crippen molar-refractivity contribution in [2.45, 2.75) is 123 Å². The maximum Gasteiger partial charge on any atom is 0.228 e. The summed E-state index contributed by atoms with van der Waals surface area (Å²) in [6.07, 6.45) is 6.45. The molecule has 1 aliphatic heterocycles. The first kappa shape index (κ1) is 28.4. The van der Waals surface area contributed by atoms with Crippen LogP contribution in [0.4, 0.5) is 0 Å². The monoisotopic (exact) mass is 444 g/mol. The van der Waals surface area contributed by atoms with Crippen LogP contribution >= 0.6 is 0 Å². The Bertz CT molecular complexity index is 492. The smallest absolute Gasteiger partial charge is 0.228 e. The Balaban J connectivity index is 2.21. The van der Waals surface area contributed by atoms with Crippen LogP contribution in [0.15, 0.2) is 11.8 Å². The van der Waals surface area contributed by atoms with E-state index < -0.39 is 37.3 Å². The van der Waals surface area contributed by atoms with E-state index >= 15 is 0 Å². The van der Waals surface area contributed by atoms with Crippen molar-refractivity contribution >= 4 is 0 Å². The second-order valence-corrected chi connectivity index (χ2v) is 10.2. The topological polar surface area (TPSA) is 99.4 Å². The summed E-state index contributed by atoms with van der Waals surface area (Å²) in [4.78, 5) is 0. The van der Waals surface area contributed by atoms with E-state index in [2.05, 4.69) is 27.7 Å². The van der Waals surface area contributed by atoms with E-state index in [-0.39, 0.29) is 0 Å². The molecule has 0 bridgehead atoms. The molecule has 0 aliphatic carbocycles. The van der Waals surface area contributed by atoms with Crippen LogP contribution in [0.25, 0.3) is 0 Å². The highest BCUT2D eigenvalue weighted by Crippen LogP contribution is 2.24. The predicted octanol–water partition coefficient (Wildman–Crippen LogP) is 4.15. The van der Waals surface area contributed by atoms with Crippen molar-refractivity contribution in [3.63, 3.8) is 0 Å². The number of hydrogen-bond acceptors (Lipinski definition) is 6. The van der Waals surface area contributed by atoms with Crippen LogP contribution in [-0.4, -0.2) is 57.7 Å². The lowest BCUT2D eigenvalue weighted by atomic mass is 9.91. The SMILES string of the molecule is CC(=COC1OC(CO)C(O)C(O)C1O)CCCC(C)CCCC(C)CCCC(C)C. The van der Waals surface area contributed by atoms with E-state index in [1.54, 1.807) is 6.26 Å². The molecule has 1 rings (SSSR count). The van der Waals surface area contributed by atoms with Gasteiger partial charge in [0, 0.05) is 0 Å². The lowest BCUT2D eigenvalue weighted by molar-refractivity contribution is -0.288. The van der Waals surface area contributed by atoms with Crippen LogP contribution in [0.5, 0.6) is 0 Å². The summed E-state index contributed by atoms with van der Waals surface area (Å²) in [6, 6.07) is 0. The Morgan fingerprint density at radius 2 is 1.39 bits per heavy atom. The molecule has 1 heterocycles. The van der Waals surface area contributed by atoms with Gasteiger partial charge in [0.05, 0.1) is 12.9 Å². The zero-order valence-electron chi connectivity index (χ0n) is 20.4. The Kier molecular flexibility index (Phi) is 13.9. The van der Waals surface area contributed by atoms with E-state index in [1.165, 1.54) is 44.9 Å². The summed E-state index contributed by atoms with van der Waals surface area (Å²) in [5.41, 5.74) is 1.03. The lowest BCUT2D eigenvalue weighted by Gasteiger charge is -2.39. The van der Waals surface area contributed by atoms with Crippen LogP contribution in [0, 0.1) is 17.8 Å². The van der Waals surface area contributed by atoms with Gasteiger partial charge in [0.15, 0.2) is 0 Å². The van der Waals surface area contributed by atoms with Crippen molar-refractivity contribution in [2.75, 3.05) is 6.61 Å². The molecule has 31 heavy (non-hydrogen) atoms. The molecule has 0 aromatic heterocycles. The van der Waals surface area contributed by atoms with Crippen LogP contribution < -0.4 is 0 Å². The van der Waals surface area contributed by atoms with Crippen LogP contribution in [0.1, 0.15) is 92.4 Å². The minimum Gasteiger partial charge on any atom is -0.470 e. The van der Waals surface area contributed by atoms with Gasteiger partial charge >= 0.3 is 0 Å². The number of aliphatic hydroxyl groups is 4. The standard InChI is InChI=1S/C25H48O6/c1-17(2)9-6-10-18(3)11-7-12-19(4)13-8-14-20(5)16-30-25-24(29)23(28)22(27)21(15-26)31-25/h16-19,21-29H,6-15H2,1-5H3. The lowest BCUT2D eigenvalue weighted by Crippen LogP contribution is -2.58. The third kappa shape index (κ3) is 11.2. The van der Waals surface area contributed by atoms with E-state index in [0.29, 0.717) is 5.92 Å². The maximum atomic E-state index is 10.0. The normalized spacial score (nSPS) is 29.2. The van der Waals surface area contributed by atoms with Crippen LogP contribution in [0.2, 0.25) is 0 Å². The highest BCUT2D eigenvalue weighted by atomic mass is 16.7. The molecule has 0 aromatic rings. The van der Waals surface area contributed by atoms with Crippen molar-refractivity contribution in [3.05, 3.63) is 11.8 Å². The summed E-state index contributed by atoms with van der Waals surface area (Å²) in [7, 11) is 0. The zero-order valence-corrected chi connectivity index (χ0v) is 20.4.